The molecule has 2 N–H and O–H groups in total. The van der Waals surface area contributed by atoms with Crippen molar-refractivity contribution in [3.63, 3.8) is 0 Å². The average Bonchev–Trinajstić information content (AvgIpc) is 3.23. The van der Waals surface area contributed by atoms with Crippen molar-refractivity contribution in [1.29, 1.82) is 0 Å². The van der Waals surface area contributed by atoms with Gasteiger partial charge in [-0.2, -0.15) is 0 Å². The lowest BCUT2D eigenvalue weighted by Gasteiger charge is -2.27. The normalized spacial score (nSPS) is 13.2. The van der Waals surface area contributed by atoms with Gasteiger partial charge in [0.1, 0.15) is 11.8 Å². The van der Waals surface area contributed by atoms with Crippen molar-refractivity contribution < 1.29 is 4.74 Å². The number of benzene rings is 2. The summed E-state index contributed by atoms with van der Waals surface area (Å²) in [5.41, 5.74) is 11.0. The van der Waals surface area contributed by atoms with Gasteiger partial charge in [-0.25, -0.2) is 15.0 Å². The monoisotopic (exact) mass is 413 g/mol. The van der Waals surface area contributed by atoms with Gasteiger partial charge in [0.2, 0.25) is 0 Å². The summed E-state index contributed by atoms with van der Waals surface area (Å²) in [5.74, 6) is 0.382. The van der Waals surface area contributed by atoms with Crippen LogP contribution in [0.25, 0.3) is 11.2 Å². The fraction of sp³-hybridized carbons (Fsp3) is 0.240. The Morgan fingerprint density at radius 1 is 1.03 bits per heavy atom. The maximum atomic E-state index is 6.32. The zero-order chi connectivity index (χ0) is 21.6. The van der Waals surface area contributed by atoms with Gasteiger partial charge in [0.25, 0.3) is 0 Å². The molecule has 6 nitrogen and oxygen atoms in total. The molecule has 0 radical (unpaired) electrons. The molecule has 2 aromatic heterocycles. The topological polar surface area (TPSA) is 78.9 Å². The first-order chi connectivity index (χ1) is 15.2. The number of nitrogens with two attached hydrogens (primary N) is 1. The van der Waals surface area contributed by atoms with Gasteiger partial charge in [-0.1, -0.05) is 60.7 Å². The average molecular weight is 414 g/mol. The number of ether oxygens (including phenoxy) is 1. The van der Waals surface area contributed by atoms with Crippen molar-refractivity contribution >= 4 is 17.0 Å². The molecular formula is C25H27N5O. The number of hydrogen-bond acceptors (Lipinski definition) is 5. The molecule has 158 valence electrons. The molecule has 0 amide bonds. The fourth-order valence-electron chi connectivity index (χ4n) is 3.85. The second-order valence-corrected chi connectivity index (χ2v) is 7.62. The van der Waals surface area contributed by atoms with Gasteiger partial charge in [0.05, 0.1) is 25.1 Å². The van der Waals surface area contributed by atoms with E-state index in [2.05, 4.69) is 69.4 Å². The van der Waals surface area contributed by atoms with E-state index in [0.717, 1.165) is 18.4 Å². The number of anilines is 1. The molecule has 31 heavy (non-hydrogen) atoms. The van der Waals surface area contributed by atoms with Crippen LogP contribution in [-0.4, -0.2) is 25.6 Å². The van der Waals surface area contributed by atoms with E-state index in [1.54, 1.807) is 6.33 Å². The molecule has 0 aliphatic carbocycles. The number of nitrogen functional groups attached to an aromatic ring is 1. The minimum Gasteiger partial charge on any atom is -0.382 e. The summed E-state index contributed by atoms with van der Waals surface area (Å²) in [6.45, 7) is 6.54. The third-order valence-corrected chi connectivity index (χ3v) is 5.55. The van der Waals surface area contributed by atoms with Crippen LogP contribution in [-0.2, 0) is 24.2 Å². The van der Waals surface area contributed by atoms with E-state index in [-0.39, 0.29) is 12.1 Å². The molecule has 0 aliphatic heterocycles. The van der Waals surface area contributed by atoms with Crippen LogP contribution in [0.4, 0.5) is 5.82 Å². The van der Waals surface area contributed by atoms with E-state index in [1.165, 1.54) is 17.5 Å². The van der Waals surface area contributed by atoms with Crippen molar-refractivity contribution in [2.75, 3.05) is 5.73 Å². The van der Waals surface area contributed by atoms with Crippen molar-refractivity contribution in [2.45, 2.75) is 38.5 Å². The second-order valence-electron chi connectivity index (χ2n) is 7.62. The number of aromatic nitrogens is 4. The van der Waals surface area contributed by atoms with Gasteiger partial charge < -0.3 is 15.0 Å². The molecule has 0 unspecified atom stereocenters. The maximum Gasteiger partial charge on any atom is 0.165 e. The first kappa shape index (κ1) is 20.8. The first-order valence-electron chi connectivity index (χ1n) is 10.4. The van der Waals surface area contributed by atoms with E-state index in [1.807, 2.05) is 24.3 Å². The second kappa shape index (κ2) is 9.53. The standard InChI is InChI=1S/C25H27N5O/c1-3-9-20-12-7-8-13-21(20)14-22(18(2)31-15-19-10-5-4-6-11-19)30-17-29-23-24(26)27-16-28-25(23)30/h3-8,10-13,16-18,22H,1,9,14-15H2,2H3,(H2,26,27,28)/t18-,22+/m0/s1. The van der Waals surface area contributed by atoms with Gasteiger partial charge in [0.15, 0.2) is 11.5 Å². The van der Waals surface area contributed by atoms with Crippen LogP contribution in [0.2, 0.25) is 0 Å². The van der Waals surface area contributed by atoms with Crippen LogP contribution in [0, 0.1) is 0 Å². The Labute approximate surface area is 182 Å². The molecule has 4 aromatic rings. The Morgan fingerprint density at radius 2 is 1.77 bits per heavy atom. The molecule has 2 atom stereocenters. The Kier molecular flexibility index (Phi) is 6.38. The number of hydrogen-bond donors (Lipinski definition) is 1. The summed E-state index contributed by atoms with van der Waals surface area (Å²) < 4.78 is 8.38. The number of rotatable bonds is 9. The zero-order valence-corrected chi connectivity index (χ0v) is 17.7. The van der Waals surface area contributed by atoms with E-state index in [0.29, 0.717) is 23.6 Å². The molecule has 0 fully saturated rings. The highest BCUT2D eigenvalue weighted by Gasteiger charge is 2.24. The molecular weight excluding hydrogens is 386 g/mol. The summed E-state index contributed by atoms with van der Waals surface area (Å²) in [4.78, 5) is 13.0. The van der Waals surface area contributed by atoms with Crippen molar-refractivity contribution in [3.05, 3.63) is 96.6 Å². The third-order valence-electron chi connectivity index (χ3n) is 5.55. The summed E-state index contributed by atoms with van der Waals surface area (Å²) in [6.07, 6.45) is 6.71. The number of imidazole rings is 1. The molecule has 0 spiro atoms. The van der Waals surface area contributed by atoms with Crippen LogP contribution in [0.15, 0.2) is 79.9 Å². The molecule has 2 aromatic carbocycles. The first-order valence-corrected chi connectivity index (χ1v) is 10.4. The third kappa shape index (κ3) is 4.64. The van der Waals surface area contributed by atoms with E-state index in [9.17, 15) is 0 Å². The van der Waals surface area contributed by atoms with Gasteiger partial charge in [0, 0.05) is 0 Å². The zero-order valence-electron chi connectivity index (χ0n) is 17.7. The summed E-state index contributed by atoms with van der Waals surface area (Å²) in [5, 5.41) is 0. The minimum absolute atomic E-state index is 0.0195. The maximum absolute atomic E-state index is 6.32. The lowest BCUT2D eigenvalue weighted by atomic mass is 9.95. The predicted molar refractivity (Wildman–Crippen MR) is 124 cm³/mol. The molecule has 0 bridgehead atoms. The lowest BCUT2D eigenvalue weighted by Crippen LogP contribution is -2.26. The number of fused-ring (bicyclic) bond motifs is 1. The molecule has 0 saturated heterocycles. The van der Waals surface area contributed by atoms with Crippen molar-refractivity contribution in [3.8, 4) is 0 Å². The van der Waals surface area contributed by atoms with Crippen molar-refractivity contribution in [2.24, 2.45) is 0 Å². The summed E-state index contributed by atoms with van der Waals surface area (Å²) >= 11 is 0. The largest absolute Gasteiger partial charge is 0.382 e. The highest BCUT2D eigenvalue weighted by molar-refractivity contribution is 5.81. The quantitative estimate of drug-likeness (QED) is 0.408. The predicted octanol–water partition coefficient (Wildman–Crippen LogP) is 4.53. The van der Waals surface area contributed by atoms with Gasteiger partial charge >= 0.3 is 0 Å². The van der Waals surface area contributed by atoms with Crippen LogP contribution in [0.5, 0.6) is 0 Å². The Hall–Kier alpha value is -3.51. The van der Waals surface area contributed by atoms with E-state index < -0.39 is 0 Å². The Balaban J connectivity index is 1.68. The van der Waals surface area contributed by atoms with E-state index >= 15 is 0 Å². The Morgan fingerprint density at radius 3 is 2.55 bits per heavy atom. The van der Waals surface area contributed by atoms with Crippen LogP contribution >= 0.6 is 0 Å². The van der Waals surface area contributed by atoms with Crippen LogP contribution in [0.1, 0.15) is 29.7 Å². The highest BCUT2D eigenvalue weighted by atomic mass is 16.5. The molecule has 6 heteroatoms. The summed E-state index contributed by atoms with van der Waals surface area (Å²) in [7, 11) is 0. The molecule has 4 rings (SSSR count). The van der Waals surface area contributed by atoms with Gasteiger partial charge in [-0.15, -0.1) is 6.58 Å². The smallest absolute Gasteiger partial charge is 0.165 e. The lowest BCUT2D eigenvalue weighted by molar-refractivity contribution is 0.0181. The Bertz CT molecular complexity index is 1160. The molecule has 0 aliphatic rings. The highest BCUT2D eigenvalue weighted by Crippen LogP contribution is 2.27. The molecule has 2 heterocycles. The van der Waals surface area contributed by atoms with Gasteiger partial charge in [-0.05, 0) is 36.5 Å². The van der Waals surface area contributed by atoms with Crippen LogP contribution < -0.4 is 5.73 Å². The number of nitrogens with zero attached hydrogens (tertiary/aromatic N) is 4. The van der Waals surface area contributed by atoms with E-state index in [4.69, 9.17) is 10.5 Å². The van der Waals surface area contributed by atoms with Crippen LogP contribution in [0.3, 0.4) is 0 Å². The summed E-state index contributed by atoms with van der Waals surface area (Å²) in [6, 6.07) is 18.6. The van der Waals surface area contributed by atoms with Gasteiger partial charge in [-0.3, -0.25) is 0 Å². The van der Waals surface area contributed by atoms with Crippen molar-refractivity contribution in [1.82, 2.24) is 19.5 Å². The fourth-order valence-corrected chi connectivity index (χ4v) is 3.85. The SMILES string of the molecule is C=CCc1ccccc1C[C@H]([C@H](C)OCc1ccccc1)n1cnc2c(N)ncnc21. The molecule has 0 saturated carbocycles. The minimum atomic E-state index is -0.0921. The number of allylic oxidation sites excluding steroid dienone is 1.